The summed E-state index contributed by atoms with van der Waals surface area (Å²) >= 11 is 1.68. The predicted octanol–water partition coefficient (Wildman–Crippen LogP) is 5.01. The summed E-state index contributed by atoms with van der Waals surface area (Å²) in [4.78, 5) is 23.5. The van der Waals surface area contributed by atoms with Crippen LogP contribution in [0.4, 0.5) is 0 Å². The number of rotatable bonds is 12. The Hall–Kier alpha value is -3.37. The number of thioether (sulfide) groups is 1. The van der Waals surface area contributed by atoms with Crippen LogP contribution in [0.5, 0.6) is 5.75 Å². The third-order valence-electron chi connectivity index (χ3n) is 6.42. The van der Waals surface area contributed by atoms with Crippen LogP contribution < -0.4 is 10.1 Å². The quantitative estimate of drug-likeness (QED) is 0.269. The van der Waals surface area contributed by atoms with Gasteiger partial charge in [-0.3, -0.25) is 9.59 Å². The number of hydrogen-bond acceptors (Lipinski definition) is 7. The fourth-order valence-electron chi connectivity index (χ4n) is 4.25. The van der Waals surface area contributed by atoms with Gasteiger partial charge in [-0.25, -0.2) is 0 Å². The third kappa shape index (κ3) is 8.31. The number of nitrogens with one attached hydrogen (secondary N) is 1. The molecule has 0 spiro atoms. The summed E-state index contributed by atoms with van der Waals surface area (Å²) in [7, 11) is 1.66. The lowest BCUT2D eigenvalue weighted by Crippen LogP contribution is -2.31. The zero-order valence-corrected chi connectivity index (χ0v) is 22.6. The van der Waals surface area contributed by atoms with Crippen LogP contribution in [0.2, 0.25) is 0 Å². The highest BCUT2D eigenvalue weighted by Crippen LogP contribution is 2.40. The van der Waals surface area contributed by atoms with Crippen LogP contribution in [-0.2, 0) is 32.2 Å². The van der Waals surface area contributed by atoms with Crippen molar-refractivity contribution in [2.75, 3.05) is 12.9 Å². The summed E-state index contributed by atoms with van der Waals surface area (Å²) in [6, 6.07) is 23.3. The topological polar surface area (TPSA) is 114 Å². The molecule has 3 aromatic rings. The van der Waals surface area contributed by atoms with Crippen molar-refractivity contribution in [1.29, 1.82) is 0 Å². The second-order valence-electron chi connectivity index (χ2n) is 9.22. The third-order valence-corrected chi connectivity index (χ3v) is 7.60. The average Bonchev–Trinajstić information content (AvgIpc) is 2.98. The van der Waals surface area contributed by atoms with Gasteiger partial charge >= 0.3 is 5.97 Å². The predicted molar refractivity (Wildman–Crippen MR) is 147 cm³/mol. The Kier molecular flexibility index (Phi) is 10.4. The molecule has 3 N–H and O–H groups in total. The van der Waals surface area contributed by atoms with E-state index in [0.717, 1.165) is 32.9 Å². The number of ether oxygens (including phenoxy) is 3. The summed E-state index contributed by atoms with van der Waals surface area (Å²) in [5.74, 6) is 0.245. The molecular formula is C30H33NO7S. The Morgan fingerprint density at radius 1 is 0.949 bits per heavy atom. The Labute approximate surface area is 232 Å². The van der Waals surface area contributed by atoms with Gasteiger partial charge in [0.15, 0.2) is 6.29 Å². The molecule has 0 unspecified atom stereocenters. The lowest BCUT2D eigenvalue weighted by molar-refractivity contribution is -0.245. The zero-order chi connectivity index (χ0) is 27.6. The number of carboxylic acid groups (broad SMARTS) is 1. The molecule has 4 rings (SSSR count). The summed E-state index contributed by atoms with van der Waals surface area (Å²) < 4.78 is 18.3. The molecule has 1 saturated heterocycles. The number of aliphatic carboxylic acids is 1. The number of benzene rings is 3. The molecule has 8 nitrogen and oxygen atoms in total. The van der Waals surface area contributed by atoms with E-state index in [1.165, 1.54) is 0 Å². The van der Waals surface area contributed by atoms with Crippen LogP contribution in [0.25, 0.3) is 0 Å². The first-order chi connectivity index (χ1) is 18.9. The van der Waals surface area contributed by atoms with E-state index in [0.29, 0.717) is 18.7 Å². The summed E-state index contributed by atoms with van der Waals surface area (Å²) in [6.45, 7) is 0.297. The Bertz CT molecular complexity index is 1230. The van der Waals surface area contributed by atoms with E-state index < -0.39 is 12.3 Å². The van der Waals surface area contributed by atoms with Crippen molar-refractivity contribution in [3.8, 4) is 5.75 Å². The van der Waals surface area contributed by atoms with Crippen LogP contribution in [0, 0.1) is 0 Å². The monoisotopic (exact) mass is 551 g/mol. The van der Waals surface area contributed by atoms with Gasteiger partial charge in [-0.15, -0.1) is 11.8 Å². The standard InChI is InChI=1S/C30H33NO7S/c1-36-25-4-2-3-5-27(25)39-19-24-16-26(22-10-8-21(18-32)9-11-22)38-30(37-24)23-12-6-20(7-13-23)17-31-28(33)14-15-29(34)35/h2-13,24,26,30,32H,14-19H2,1H3,(H,31,33)(H,34,35)/t24-,26+,30+/m1/s1. The van der Waals surface area contributed by atoms with E-state index in [1.54, 1.807) is 18.9 Å². The van der Waals surface area contributed by atoms with Gasteiger partial charge in [0.25, 0.3) is 0 Å². The van der Waals surface area contributed by atoms with E-state index in [1.807, 2.05) is 72.8 Å². The van der Waals surface area contributed by atoms with Crippen molar-refractivity contribution in [2.45, 2.75) is 55.8 Å². The second kappa shape index (κ2) is 14.1. The summed E-state index contributed by atoms with van der Waals surface area (Å²) in [6.07, 6.45) is -0.420. The number of carbonyl (C=O) groups excluding carboxylic acids is 1. The minimum absolute atomic E-state index is 0.0118. The number of hydrogen-bond donors (Lipinski definition) is 3. The molecule has 0 radical (unpaired) electrons. The van der Waals surface area contributed by atoms with Crippen LogP contribution in [-0.4, -0.2) is 41.1 Å². The molecule has 39 heavy (non-hydrogen) atoms. The lowest BCUT2D eigenvalue weighted by atomic mass is 10.0. The SMILES string of the molecule is COc1ccccc1SC[C@H]1C[C@@H](c2ccc(CO)cc2)O[C@@H](c2ccc(CNC(=O)CCC(=O)O)cc2)O1. The molecule has 0 saturated carbocycles. The van der Waals surface area contributed by atoms with Crippen molar-refractivity contribution in [1.82, 2.24) is 5.32 Å². The summed E-state index contributed by atoms with van der Waals surface area (Å²) in [5.41, 5.74) is 3.61. The van der Waals surface area contributed by atoms with E-state index >= 15 is 0 Å². The first-order valence-electron chi connectivity index (χ1n) is 12.8. The Balaban J connectivity index is 1.45. The molecular weight excluding hydrogens is 518 g/mol. The number of para-hydroxylation sites is 1. The molecule has 0 aliphatic carbocycles. The molecule has 1 amide bonds. The van der Waals surface area contributed by atoms with Gasteiger partial charge in [-0.1, -0.05) is 60.7 Å². The highest BCUT2D eigenvalue weighted by molar-refractivity contribution is 7.99. The molecule has 3 atom stereocenters. The first-order valence-corrected chi connectivity index (χ1v) is 13.8. The largest absolute Gasteiger partial charge is 0.496 e. The van der Waals surface area contributed by atoms with E-state index in [9.17, 15) is 14.7 Å². The van der Waals surface area contributed by atoms with E-state index in [-0.39, 0.29) is 37.6 Å². The van der Waals surface area contributed by atoms with Gasteiger partial charge < -0.3 is 29.7 Å². The van der Waals surface area contributed by atoms with E-state index in [2.05, 4.69) is 5.32 Å². The molecule has 1 aliphatic rings. The normalized spacial score (nSPS) is 18.9. The zero-order valence-electron chi connectivity index (χ0n) is 21.7. The first kappa shape index (κ1) is 28.6. The minimum Gasteiger partial charge on any atom is -0.496 e. The lowest BCUT2D eigenvalue weighted by Gasteiger charge is -2.36. The van der Waals surface area contributed by atoms with Gasteiger partial charge in [-0.2, -0.15) is 0 Å². The smallest absolute Gasteiger partial charge is 0.303 e. The fraction of sp³-hybridized carbons (Fsp3) is 0.333. The molecule has 1 fully saturated rings. The fourth-order valence-corrected chi connectivity index (χ4v) is 5.29. The maximum Gasteiger partial charge on any atom is 0.303 e. The molecule has 9 heteroatoms. The Morgan fingerprint density at radius 2 is 1.64 bits per heavy atom. The molecule has 3 aromatic carbocycles. The van der Waals surface area contributed by atoms with Crippen LogP contribution in [0.3, 0.4) is 0 Å². The van der Waals surface area contributed by atoms with Gasteiger partial charge in [0, 0.05) is 35.6 Å². The van der Waals surface area contributed by atoms with Crippen LogP contribution in [0.1, 0.15) is 53.9 Å². The van der Waals surface area contributed by atoms with Crippen molar-refractivity contribution in [3.63, 3.8) is 0 Å². The number of methoxy groups -OCH3 is 1. The van der Waals surface area contributed by atoms with Crippen LogP contribution in [0.15, 0.2) is 77.7 Å². The van der Waals surface area contributed by atoms with Gasteiger partial charge in [0.05, 0.1) is 32.3 Å². The van der Waals surface area contributed by atoms with Crippen molar-refractivity contribution in [2.24, 2.45) is 0 Å². The average molecular weight is 552 g/mol. The second-order valence-corrected chi connectivity index (χ2v) is 10.3. The molecule has 1 heterocycles. The van der Waals surface area contributed by atoms with Gasteiger partial charge in [0.1, 0.15) is 5.75 Å². The molecule has 1 aliphatic heterocycles. The highest BCUT2D eigenvalue weighted by Gasteiger charge is 2.32. The number of carboxylic acids is 1. The minimum atomic E-state index is -0.996. The van der Waals surface area contributed by atoms with Gasteiger partial charge in [-0.05, 0) is 28.8 Å². The van der Waals surface area contributed by atoms with Crippen molar-refractivity contribution >= 4 is 23.6 Å². The van der Waals surface area contributed by atoms with Crippen LogP contribution >= 0.6 is 11.8 Å². The van der Waals surface area contributed by atoms with E-state index in [4.69, 9.17) is 19.3 Å². The van der Waals surface area contributed by atoms with Gasteiger partial charge in [0.2, 0.25) is 5.91 Å². The molecule has 0 aromatic heterocycles. The van der Waals surface area contributed by atoms with Crippen molar-refractivity contribution < 1.29 is 34.0 Å². The highest BCUT2D eigenvalue weighted by atomic mass is 32.2. The molecule has 0 bridgehead atoms. The number of amides is 1. The maximum atomic E-state index is 11.8. The Morgan fingerprint density at radius 3 is 2.33 bits per heavy atom. The number of aliphatic hydroxyl groups is 1. The maximum absolute atomic E-state index is 11.8. The van der Waals surface area contributed by atoms with Crippen molar-refractivity contribution in [3.05, 3.63) is 95.1 Å². The number of carbonyl (C=O) groups is 2. The molecule has 206 valence electrons. The number of aliphatic hydroxyl groups excluding tert-OH is 1. The summed E-state index contributed by atoms with van der Waals surface area (Å²) in [5, 5.41) is 20.9.